The predicted octanol–water partition coefficient (Wildman–Crippen LogP) is 1.45. The minimum Gasteiger partial charge on any atom is -0.494 e. The maximum atomic E-state index is 13.1. The standard InChI is InChI=1S/C21H33N5O3/c1-21(2,15-24(3)4)22-20(27)18-16-7-6-8-17(28-5)19(16)26(23-18)10-9-25-11-13-29-14-12-25/h6-8H,9-15H2,1-5H3,(H,22,27). The monoisotopic (exact) mass is 403 g/mol. The molecule has 0 unspecified atom stereocenters. The molecule has 160 valence electrons. The molecule has 1 aromatic heterocycles. The molecule has 0 spiro atoms. The highest BCUT2D eigenvalue weighted by molar-refractivity contribution is 6.06. The molecule has 2 aromatic rings. The first kappa shape index (κ1) is 21.5. The van der Waals surface area contributed by atoms with E-state index >= 15 is 0 Å². The Morgan fingerprint density at radius 3 is 2.66 bits per heavy atom. The number of ether oxygens (including phenoxy) is 2. The van der Waals surface area contributed by atoms with Gasteiger partial charge in [-0.2, -0.15) is 5.10 Å². The van der Waals surface area contributed by atoms with Crippen LogP contribution in [0.3, 0.4) is 0 Å². The summed E-state index contributed by atoms with van der Waals surface area (Å²) in [5.41, 5.74) is 0.926. The highest BCUT2D eigenvalue weighted by Gasteiger charge is 2.26. The summed E-state index contributed by atoms with van der Waals surface area (Å²) in [6.07, 6.45) is 0. The summed E-state index contributed by atoms with van der Waals surface area (Å²) in [6, 6.07) is 5.74. The minimum absolute atomic E-state index is 0.166. The summed E-state index contributed by atoms with van der Waals surface area (Å²) < 4.78 is 12.9. The van der Waals surface area contributed by atoms with E-state index in [0.717, 1.165) is 56.0 Å². The first-order valence-electron chi connectivity index (χ1n) is 10.1. The predicted molar refractivity (Wildman–Crippen MR) is 114 cm³/mol. The van der Waals surface area contributed by atoms with Crippen molar-refractivity contribution in [3.8, 4) is 5.75 Å². The van der Waals surface area contributed by atoms with E-state index in [2.05, 4.69) is 15.1 Å². The van der Waals surface area contributed by atoms with Crippen LogP contribution >= 0.6 is 0 Å². The lowest BCUT2D eigenvalue weighted by Crippen LogP contribution is -2.50. The normalized spacial score (nSPS) is 15.8. The third-order valence-electron chi connectivity index (χ3n) is 5.06. The third kappa shape index (κ3) is 5.26. The van der Waals surface area contributed by atoms with E-state index in [1.54, 1.807) is 7.11 Å². The van der Waals surface area contributed by atoms with Crippen molar-refractivity contribution in [1.82, 2.24) is 24.9 Å². The van der Waals surface area contributed by atoms with Crippen LogP contribution in [-0.2, 0) is 11.3 Å². The van der Waals surface area contributed by atoms with Gasteiger partial charge in [0.2, 0.25) is 0 Å². The van der Waals surface area contributed by atoms with Gasteiger partial charge in [-0.05, 0) is 34.0 Å². The van der Waals surface area contributed by atoms with E-state index in [4.69, 9.17) is 14.6 Å². The third-order valence-corrected chi connectivity index (χ3v) is 5.06. The lowest BCUT2D eigenvalue weighted by molar-refractivity contribution is 0.0361. The quantitative estimate of drug-likeness (QED) is 0.719. The van der Waals surface area contributed by atoms with E-state index in [1.807, 2.05) is 50.8 Å². The highest BCUT2D eigenvalue weighted by atomic mass is 16.5. The summed E-state index contributed by atoms with van der Waals surface area (Å²) in [5, 5.41) is 8.64. The van der Waals surface area contributed by atoms with Gasteiger partial charge >= 0.3 is 0 Å². The largest absolute Gasteiger partial charge is 0.494 e. The van der Waals surface area contributed by atoms with E-state index in [9.17, 15) is 4.79 Å². The van der Waals surface area contributed by atoms with Crippen LogP contribution in [0, 0.1) is 0 Å². The molecule has 0 bridgehead atoms. The summed E-state index contributed by atoms with van der Waals surface area (Å²) in [7, 11) is 5.64. The number of fused-ring (bicyclic) bond motifs is 1. The Morgan fingerprint density at radius 1 is 1.28 bits per heavy atom. The Kier molecular flexibility index (Phi) is 6.77. The number of aromatic nitrogens is 2. The number of morpholine rings is 1. The fourth-order valence-corrected chi connectivity index (χ4v) is 3.96. The second-order valence-electron chi connectivity index (χ2n) is 8.46. The molecular formula is C21H33N5O3. The van der Waals surface area contributed by atoms with Crippen molar-refractivity contribution in [3.05, 3.63) is 23.9 Å². The number of carbonyl (C=O) groups excluding carboxylic acids is 1. The Morgan fingerprint density at radius 2 is 2.00 bits per heavy atom. The van der Waals surface area contributed by atoms with E-state index in [-0.39, 0.29) is 11.4 Å². The van der Waals surface area contributed by atoms with Crippen molar-refractivity contribution >= 4 is 16.8 Å². The zero-order valence-corrected chi connectivity index (χ0v) is 18.2. The Balaban J connectivity index is 1.88. The number of nitrogens with zero attached hydrogens (tertiary/aromatic N) is 4. The van der Waals surface area contributed by atoms with Gasteiger partial charge in [0, 0.05) is 37.1 Å². The first-order valence-corrected chi connectivity index (χ1v) is 10.1. The van der Waals surface area contributed by atoms with Gasteiger partial charge in [0.05, 0.1) is 26.9 Å². The fraction of sp³-hybridized carbons (Fsp3) is 0.619. The van der Waals surface area contributed by atoms with Gasteiger partial charge in [0.15, 0.2) is 5.69 Å². The van der Waals surface area contributed by atoms with Crippen molar-refractivity contribution in [2.24, 2.45) is 0 Å². The molecule has 1 fully saturated rings. The first-order chi connectivity index (χ1) is 13.8. The number of hydrogen-bond acceptors (Lipinski definition) is 6. The van der Waals surface area contributed by atoms with Crippen molar-refractivity contribution in [3.63, 3.8) is 0 Å². The number of methoxy groups -OCH3 is 1. The van der Waals surface area contributed by atoms with E-state index in [0.29, 0.717) is 12.2 Å². The topological polar surface area (TPSA) is 71.9 Å². The zero-order valence-electron chi connectivity index (χ0n) is 18.2. The molecule has 3 rings (SSSR count). The minimum atomic E-state index is -0.372. The number of rotatable bonds is 8. The molecule has 1 aromatic carbocycles. The van der Waals surface area contributed by atoms with Crippen LogP contribution < -0.4 is 10.1 Å². The van der Waals surface area contributed by atoms with Gasteiger partial charge in [0.1, 0.15) is 11.3 Å². The van der Waals surface area contributed by atoms with Crippen LogP contribution in [0.4, 0.5) is 0 Å². The van der Waals surface area contributed by atoms with Crippen LogP contribution in [0.15, 0.2) is 18.2 Å². The fourth-order valence-electron chi connectivity index (χ4n) is 3.96. The summed E-state index contributed by atoms with van der Waals surface area (Å²) >= 11 is 0. The van der Waals surface area contributed by atoms with Crippen molar-refractivity contribution in [2.45, 2.75) is 25.9 Å². The number of benzene rings is 1. The molecule has 1 saturated heterocycles. The molecule has 8 heteroatoms. The molecule has 0 saturated carbocycles. The molecule has 1 aliphatic rings. The van der Waals surface area contributed by atoms with Crippen LogP contribution in [0.5, 0.6) is 5.75 Å². The molecule has 0 radical (unpaired) electrons. The lowest BCUT2D eigenvalue weighted by Gasteiger charge is -2.29. The number of hydrogen-bond donors (Lipinski definition) is 1. The number of para-hydroxylation sites is 1. The van der Waals surface area contributed by atoms with Crippen molar-refractivity contribution < 1.29 is 14.3 Å². The van der Waals surface area contributed by atoms with Gasteiger partial charge < -0.3 is 19.7 Å². The van der Waals surface area contributed by atoms with Gasteiger partial charge in [-0.3, -0.25) is 14.4 Å². The smallest absolute Gasteiger partial charge is 0.272 e. The molecule has 8 nitrogen and oxygen atoms in total. The molecule has 29 heavy (non-hydrogen) atoms. The van der Waals surface area contributed by atoms with E-state index < -0.39 is 0 Å². The van der Waals surface area contributed by atoms with Crippen LogP contribution in [0.2, 0.25) is 0 Å². The highest BCUT2D eigenvalue weighted by Crippen LogP contribution is 2.28. The number of amides is 1. The molecule has 1 N–H and O–H groups in total. The Hall–Kier alpha value is -2.16. The molecule has 0 aliphatic carbocycles. The Bertz CT molecular complexity index is 840. The summed E-state index contributed by atoms with van der Waals surface area (Å²) in [5.74, 6) is 0.559. The summed E-state index contributed by atoms with van der Waals surface area (Å²) in [6.45, 7) is 9.67. The van der Waals surface area contributed by atoms with Crippen molar-refractivity contribution in [1.29, 1.82) is 0 Å². The average molecular weight is 404 g/mol. The maximum Gasteiger partial charge on any atom is 0.272 e. The molecule has 1 aliphatic heterocycles. The van der Waals surface area contributed by atoms with Gasteiger partial charge in [-0.15, -0.1) is 0 Å². The average Bonchev–Trinajstić information content (AvgIpc) is 3.05. The maximum absolute atomic E-state index is 13.1. The molecule has 1 amide bonds. The zero-order chi connectivity index (χ0) is 21.0. The summed E-state index contributed by atoms with van der Waals surface area (Å²) in [4.78, 5) is 17.5. The van der Waals surface area contributed by atoms with Gasteiger partial charge in [0.25, 0.3) is 5.91 Å². The van der Waals surface area contributed by atoms with Gasteiger partial charge in [-0.1, -0.05) is 12.1 Å². The van der Waals surface area contributed by atoms with Gasteiger partial charge in [-0.25, -0.2) is 0 Å². The van der Waals surface area contributed by atoms with Crippen molar-refractivity contribution in [2.75, 3.05) is 60.6 Å². The SMILES string of the molecule is COc1cccc2c(C(=O)NC(C)(C)CN(C)C)nn(CCN3CCOCC3)c12. The second-order valence-corrected chi connectivity index (χ2v) is 8.46. The molecule has 0 atom stereocenters. The molecular weight excluding hydrogens is 370 g/mol. The number of likely N-dealkylation sites (N-methyl/N-ethyl adjacent to an activating group) is 1. The van der Waals surface area contributed by atoms with Crippen LogP contribution in [0.1, 0.15) is 24.3 Å². The number of nitrogens with one attached hydrogen (secondary N) is 1. The second kappa shape index (κ2) is 9.11. The van der Waals surface area contributed by atoms with Crippen LogP contribution in [0.25, 0.3) is 10.9 Å². The van der Waals surface area contributed by atoms with Crippen LogP contribution in [-0.4, -0.2) is 91.6 Å². The Labute approximate surface area is 172 Å². The van der Waals surface area contributed by atoms with E-state index in [1.165, 1.54) is 0 Å². The number of carbonyl (C=O) groups is 1. The molecule has 2 heterocycles. The lowest BCUT2D eigenvalue weighted by atomic mass is 10.0.